The van der Waals surface area contributed by atoms with Crippen molar-refractivity contribution >= 4 is 17.1 Å². The Morgan fingerprint density at radius 3 is 2.65 bits per heavy atom. The van der Waals surface area contributed by atoms with Gasteiger partial charge in [0, 0.05) is 17.4 Å². The minimum atomic E-state index is -1.38. The SMILES string of the molecule is Cc1ccc(-c2nc(COC3CCCC(C[S+]([O-])C(C(=O)O)C(C)C)C3)c(C)o2)cc1. The normalized spacial score (nSPS) is 21.2. The molecule has 1 N–H and O–H groups in total. The number of benzene rings is 1. The molecule has 3 rings (SSSR count). The van der Waals surface area contributed by atoms with Crippen molar-refractivity contribution in [3.05, 3.63) is 41.3 Å². The highest BCUT2D eigenvalue weighted by atomic mass is 32.2. The van der Waals surface area contributed by atoms with Crippen molar-refractivity contribution in [3.8, 4) is 11.5 Å². The van der Waals surface area contributed by atoms with Crippen molar-refractivity contribution in [2.45, 2.75) is 71.3 Å². The number of aliphatic carboxylic acids is 1. The highest BCUT2D eigenvalue weighted by molar-refractivity contribution is 7.92. The van der Waals surface area contributed by atoms with Gasteiger partial charge < -0.3 is 18.8 Å². The van der Waals surface area contributed by atoms with Crippen LogP contribution in [0.25, 0.3) is 11.5 Å². The van der Waals surface area contributed by atoms with E-state index >= 15 is 0 Å². The molecule has 1 aliphatic carbocycles. The number of carbonyl (C=O) groups is 1. The number of oxazole rings is 1. The van der Waals surface area contributed by atoms with Crippen LogP contribution in [0.4, 0.5) is 0 Å². The molecule has 6 nitrogen and oxygen atoms in total. The van der Waals surface area contributed by atoms with Crippen molar-refractivity contribution in [3.63, 3.8) is 0 Å². The van der Waals surface area contributed by atoms with E-state index in [0.29, 0.717) is 18.3 Å². The Bertz CT molecular complexity index is 863. The van der Waals surface area contributed by atoms with Crippen LogP contribution in [0.2, 0.25) is 0 Å². The maximum absolute atomic E-state index is 12.7. The number of aromatic nitrogens is 1. The maximum atomic E-state index is 12.7. The number of nitrogens with zero attached hydrogens (tertiary/aromatic N) is 1. The van der Waals surface area contributed by atoms with Gasteiger partial charge >= 0.3 is 5.97 Å². The van der Waals surface area contributed by atoms with Gasteiger partial charge in [0.2, 0.25) is 11.1 Å². The van der Waals surface area contributed by atoms with Crippen molar-refractivity contribution in [1.29, 1.82) is 0 Å². The van der Waals surface area contributed by atoms with Gasteiger partial charge in [-0.25, -0.2) is 9.78 Å². The largest absolute Gasteiger partial charge is 0.616 e. The Hall–Kier alpha value is -1.83. The Morgan fingerprint density at radius 1 is 1.29 bits per heavy atom. The molecule has 0 bridgehead atoms. The Kier molecular flexibility index (Phi) is 8.19. The summed E-state index contributed by atoms with van der Waals surface area (Å²) in [4.78, 5) is 16.1. The lowest BCUT2D eigenvalue weighted by atomic mass is 9.88. The van der Waals surface area contributed by atoms with Gasteiger partial charge in [-0.05, 0) is 56.4 Å². The minimum absolute atomic E-state index is 0.0667. The van der Waals surface area contributed by atoms with E-state index in [4.69, 9.17) is 9.15 Å². The molecule has 1 saturated carbocycles. The van der Waals surface area contributed by atoms with Gasteiger partial charge in [-0.15, -0.1) is 0 Å². The summed E-state index contributed by atoms with van der Waals surface area (Å²) in [6.07, 6.45) is 3.79. The van der Waals surface area contributed by atoms with Gasteiger partial charge in [-0.3, -0.25) is 0 Å². The van der Waals surface area contributed by atoms with Crippen LogP contribution >= 0.6 is 0 Å². The molecule has 1 heterocycles. The fourth-order valence-electron chi connectivity index (χ4n) is 4.16. The predicted octanol–water partition coefficient (Wildman–Crippen LogP) is 4.89. The number of rotatable bonds is 9. The van der Waals surface area contributed by atoms with E-state index in [9.17, 15) is 14.5 Å². The number of carboxylic acid groups (broad SMARTS) is 1. The predicted molar refractivity (Wildman–Crippen MR) is 121 cm³/mol. The third kappa shape index (κ3) is 6.34. The molecule has 31 heavy (non-hydrogen) atoms. The van der Waals surface area contributed by atoms with E-state index in [-0.39, 0.29) is 17.9 Å². The van der Waals surface area contributed by atoms with Crippen molar-refractivity contribution in [2.75, 3.05) is 5.75 Å². The monoisotopic (exact) mass is 447 g/mol. The van der Waals surface area contributed by atoms with E-state index in [1.807, 2.05) is 52.0 Å². The molecule has 7 heteroatoms. The zero-order chi connectivity index (χ0) is 22.5. The second-order valence-electron chi connectivity index (χ2n) is 8.90. The lowest BCUT2D eigenvalue weighted by molar-refractivity contribution is -0.137. The quantitative estimate of drug-likeness (QED) is 0.550. The summed E-state index contributed by atoms with van der Waals surface area (Å²) in [7, 11) is 0. The number of aryl methyl sites for hydroxylation is 2. The molecule has 170 valence electrons. The molecule has 4 unspecified atom stereocenters. The molecule has 4 atom stereocenters. The van der Waals surface area contributed by atoms with E-state index in [0.717, 1.165) is 42.7 Å². The Labute approximate surface area is 187 Å². The summed E-state index contributed by atoms with van der Waals surface area (Å²) < 4.78 is 24.6. The maximum Gasteiger partial charge on any atom is 0.357 e. The lowest BCUT2D eigenvalue weighted by Crippen LogP contribution is -2.39. The average Bonchev–Trinajstić information content (AvgIpc) is 3.07. The first-order valence-corrected chi connectivity index (χ1v) is 12.4. The molecular formula is C24H33NO5S. The second kappa shape index (κ2) is 10.7. The summed E-state index contributed by atoms with van der Waals surface area (Å²) in [6.45, 7) is 7.95. The third-order valence-electron chi connectivity index (χ3n) is 5.91. The second-order valence-corrected chi connectivity index (χ2v) is 10.5. The average molecular weight is 448 g/mol. The van der Waals surface area contributed by atoms with Gasteiger partial charge in [0.1, 0.15) is 17.2 Å². The number of ether oxygens (including phenoxy) is 1. The topological polar surface area (TPSA) is 95.6 Å². The summed E-state index contributed by atoms with van der Waals surface area (Å²) in [5, 5.41) is 8.59. The Balaban J connectivity index is 1.55. The van der Waals surface area contributed by atoms with Crippen LogP contribution in [0.15, 0.2) is 28.7 Å². The molecule has 0 saturated heterocycles. The molecule has 1 fully saturated rings. The van der Waals surface area contributed by atoms with Crippen LogP contribution in [-0.4, -0.2) is 37.7 Å². The summed E-state index contributed by atoms with van der Waals surface area (Å²) in [5.74, 6) is 0.887. The smallest absolute Gasteiger partial charge is 0.357 e. The number of hydrogen-bond donors (Lipinski definition) is 1. The fraction of sp³-hybridized carbons (Fsp3) is 0.583. The van der Waals surface area contributed by atoms with Crippen LogP contribution in [0.5, 0.6) is 0 Å². The molecule has 0 aliphatic heterocycles. The van der Waals surface area contributed by atoms with E-state index in [1.165, 1.54) is 5.56 Å². The zero-order valence-electron chi connectivity index (χ0n) is 18.8. The third-order valence-corrected chi connectivity index (χ3v) is 8.03. The molecule has 1 aromatic heterocycles. The standard InChI is InChI=1S/C24H33NO5S/c1-15(2)22(24(26)27)31(28)14-18-6-5-7-20(12-18)29-13-21-17(4)30-23(25-21)19-10-8-16(3)9-11-19/h8-11,15,18,20,22H,5-7,12-14H2,1-4H3,(H,26,27). The Morgan fingerprint density at radius 2 is 2.00 bits per heavy atom. The van der Waals surface area contributed by atoms with Gasteiger partial charge in [0.05, 0.1) is 12.7 Å². The van der Waals surface area contributed by atoms with E-state index in [1.54, 1.807) is 0 Å². The van der Waals surface area contributed by atoms with Crippen LogP contribution in [0, 0.1) is 25.7 Å². The molecule has 1 aliphatic rings. The zero-order valence-corrected chi connectivity index (χ0v) is 19.6. The molecule has 0 amide bonds. The van der Waals surface area contributed by atoms with E-state index < -0.39 is 22.4 Å². The van der Waals surface area contributed by atoms with Crippen LogP contribution < -0.4 is 0 Å². The van der Waals surface area contributed by atoms with Crippen LogP contribution in [-0.2, 0) is 27.3 Å². The number of carboxylic acids is 1. The number of hydrogen-bond acceptors (Lipinski definition) is 5. The van der Waals surface area contributed by atoms with Crippen LogP contribution in [0.1, 0.15) is 56.5 Å². The molecule has 1 aromatic carbocycles. The lowest BCUT2D eigenvalue weighted by Gasteiger charge is -2.31. The summed E-state index contributed by atoms with van der Waals surface area (Å²) in [6, 6.07) is 8.06. The molecule has 2 aromatic rings. The first-order valence-electron chi connectivity index (χ1n) is 11.0. The van der Waals surface area contributed by atoms with Crippen molar-refractivity contribution in [1.82, 2.24) is 4.98 Å². The fourth-order valence-corrected chi connectivity index (χ4v) is 5.97. The van der Waals surface area contributed by atoms with Gasteiger partial charge in [0.25, 0.3) is 0 Å². The highest BCUT2D eigenvalue weighted by Crippen LogP contribution is 2.30. The molecular weight excluding hydrogens is 414 g/mol. The van der Waals surface area contributed by atoms with Crippen molar-refractivity contribution in [2.24, 2.45) is 11.8 Å². The van der Waals surface area contributed by atoms with Crippen LogP contribution in [0.3, 0.4) is 0 Å². The van der Waals surface area contributed by atoms with Crippen molar-refractivity contribution < 1.29 is 23.6 Å². The minimum Gasteiger partial charge on any atom is -0.616 e. The summed E-state index contributed by atoms with van der Waals surface area (Å²) >= 11 is -1.38. The first kappa shape index (κ1) is 23.8. The van der Waals surface area contributed by atoms with E-state index in [2.05, 4.69) is 4.98 Å². The van der Waals surface area contributed by atoms with Gasteiger partial charge in [-0.2, -0.15) is 0 Å². The highest BCUT2D eigenvalue weighted by Gasteiger charge is 2.36. The molecule has 0 spiro atoms. The summed E-state index contributed by atoms with van der Waals surface area (Å²) in [5.41, 5.74) is 2.93. The molecule has 0 radical (unpaired) electrons. The van der Waals surface area contributed by atoms with Gasteiger partial charge in [0.15, 0.2) is 0 Å². The van der Waals surface area contributed by atoms with Gasteiger partial charge in [-0.1, -0.05) is 38.0 Å². The first-order chi connectivity index (χ1) is 14.7.